The van der Waals surface area contributed by atoms with Crippen LogP contribution in [0.5, 0.6) is 11.5 Å². The summed E-state index contributed by atoms with van der Waals surface area (Å²) in [5.41, 5.74) is 3.18. The lowest BCUT2D eigenvalue weighted by molar-refractivity contribution is -0.136. The van der Waals surface area contributed by atoms with Crippen molar-refractivity contribution in [2.45, 2.75) is 44.4 Å². The number of nitrogens with zero attached hydrogens (tertiary/aromatic N) is 1. The summed E-state index contributed by atoms with van der Waals surface area (Å²) >= 11 is 0. The predicted molar refractivity (Wildman–Crippen MR) is 107 cm³/mol. The van der Waals surface area contributed by atoms with Gasteiger partial charge in [0.15, 0.2) is 11.5 Å². The molecule has 28 heavy (non-hydrogen) atoms. The minimum atomic E-state index is -0.328. The lowest BCUT2D eigenvalue weighted by atomic mass is 9.79. The zero-order valence-electron chi connectivity index (χ0n) is 16.7. The van der Waals surface area contributed by atoms with E-state index in [0.29, 0.717) is 25.4 Å². The Hall–Kier alpha value is -2.53. The first kappa shape index (κ1) is 18.8. The first-order valence-corrected chi connectivity index (χ1v) is 9.76. The van der Waals surface area contributed by atoms with E-state index in [1.807, 2.05) is 29.2 Å². The third kappa shape index (κ3) is 3.14. The summed E-state index contributed by atoms with van der Waals surface area (Å²) in [5, 5.41) is 0. The van der Waals surface area contributed by atoms with Gasteiger partial charge < -0.3 is 19.1 Å². The van der Waals surface area contributed by atoms with Crippen LogP contribution in [0.1, 0.15) is 36.5 Å². The zero-order valence-corrected chi connectivity index (χ0v) is 16.7. The molecule has 0 saturated carbocycles. The third-order valence-electron chi connectivity index (χ3n) is 6.06. The summed E-state index contributed by atoms with van der Waals surface area (Å²) < 4.78 is 17.0. The molecule has 5 heteroatoms. The van der Waals surface area contributed by atoms with Crippen LogP contribution in [0, 0.1) is 0 Å². The van der Waals surface area contributed by atoms with Crippen molar-refractivity contribution in [2.24, 2.45) is 0 Å². The molecule has 0 N–H and O–H groups in total. The van der Waals surface area contributed by atoms with Gasteiger partial charge in [0, 0.05) is 6.42 Å². The van der Waals surface area contributed by atoms with E-state index in [1.54, 1.807) is 14.2 Å². The van der Waals surface area contributed by atoms with E-state index in [4.69, 9.17) is 14.2 Å². The number of fused-ring (bicyclic) bond motifs is 3. The normalized spacial score (nSPS) is 23.3. The molecule has 0 unspecified atom stereocenters. The van der Waals surface area contributed by atoms with Gasteiger partial charge in [0.25, 0.3) is 0 Å². The molecule has 0 aromatic heterocycles. The first-order valence-electron chi connectivity index (χ1n) is 9.76. The van der Waals surface area contributed by atoms with Gasteiger partial charge in [0.05, 0.1) is 39.0 Å². The van der Waals surface area contributed by atoms with Crippen molar-refractivity contribution in [3.63, 3.8) is 0 Å². The minimum absolute atomic E-state index is 0.0225. The van der Waals surface area contributed by atoms with E-state index < -0.39 is 0 Å². The highest BCUT2D eigenvalue weighted by Gasteiger charge is 2.50. The van der Waals surface area contributed by atoms with Crippen LogP contribution in [-0.2, 0) is 28.1 Å². The van der Waals surface area contributed by atoms with Crippen LogP contribution in [0.3, 0.4) is 0 Å². The Bertz CT molecular complexity index is 866. The molecule has 0 bridgehead atoms. The Labute approximate surface area is 166 Å². The highest BCUT2D eigenvalue weighted by atomic mass is 16.5. The largest absolute Gasteiger partial charge is 0.493 e. The Kier molecular flexibility index (Phi) is 5.02. The number of amides is 1. The lowest BCUT2D eigenvalue weighted by Crippen LogP contribution is -2.54. The Morgan fingerprint density at radius 3 is 2.54 bits per heavy atom. The molecule has 1 fully saturated rings. The first-order chi connectivity index (χ1) is 13.6. The fraction of sp³-hybridized carbons (Fsp3) is 0.435. The second kappa shape index (κ2) is 7.47. The van der Waals surface area contributed by atoms with Crippen LogP contribution < -0.4 is 9.47 Å². The highest BCUT2D eigenvalue weighted by molar-refractivity contribution is 5.81. The molecule has 148 valence electrons. The van der Waals surface area contributed by atoms with E-state index in [9.17, 15) is 4.79 Å². The lowest BCUT2D eigenvalue weighted by Gasteiger charge is -2.46. The number of rotatable bonds is 6. The smallest absolute Gasteiger partial charge is 0.223 e. The SMILES string of the molecule is COc1cc2c(cc1OC)[C@]1(C)CCC(=O)N1[C@H](COCc1ccccc1)C2. The van der Waals surface area contributed by atoms with Crippen LogP contribution in [0.15, 0.2) is 42.5 Å². The minimum Gasteiger partial charge on any atom is -0.493 e. The van der Waals surface area contributed by atoms with Crippen LogP contribution >= 0.6 is 0 Å². The van der Waals surface area contributed by atoms with Gasteiger partial charge in [-0.3, -0.25) is 4.79 Å². The molecule has 2 aromatic rings. The van der Waals surface area contributed by atoms with Gasteiger partial charge in [-0.1, -0.05) is 30.3 Å². The predicted octanol–water partition coefficient (Wildman–Crippen LogP) is 3.68. The Morgan fingerprint density at radius 2 is 1.82 bits per heavy atom. The van der Waals surface area contributed by atoms with E-state index in [0.717, 1.165) is 29.7 Å². The van der Waals surface area contributed by atoms with Gasteiger partial charge >= 0.3 is 0 Å². The van der Waals surface area contributed by atoms with Crippen LogP contribution in [0.25, 0.3) is 0 Å². The molecule has 4 rings (SSSR count). The topological polar surface area (TPSA) is 48.0 Å². The van der Waals surface area contributed by atoms with Crippen LogP contribution in [-0.4, -0.2) is 37.7 Å². The van der Waals surface area contributed by atoms with E-state index >= 15 is 0 Å². The van der Waals surface area contributed by atoms with Crippen LogP contribution in [0.4, 0.5) is 0 Å². The molecule has 5 nitrogen and oxygen atoms in total. The number of ether oxygens (including phenoxy) is 3. The average molecular weight is 381 g/mol. The van der Waals surface area contributed by atoms with E-state index in [2.05, 4.69) is 25.1 Å². The molecule has 2 aromatic carbocycles. The van der Waals surface area contributed by atoms with Crippen molar-refractivity contribution in [3.05, 3.63) is 59.2 Å². The zero-order chi connectivity index (χ0) is 19.7. The molecular formula is C23H27NO4. The van der Waals surface area contributed by atoms with Crippen molar-refractivity contribution >= 4 is 5.91 Å². The van der Waals surface area contributed by atoms with Crippen molar-refractivity contribution in [2.75, 3.05) is 20.8 Å². The molecule has 0 spiro atoms. The number of hydrogen-bond donors (Lipinski definition) is 0. The second-order valence-corrected chi connectivity index (χ2v) is 7.76. The second-order valence-electron chi connectivity index (χ2n) is 7.76. The molecule has 0 aliphatic carbocycles. The molecule has 0 radical (unpaired) electrons. The van der Waals surface area contributed by atoms with Gasteiger partial charge in [-0.05, 0) is 48.6 Å². The summed E-state index contributed by atoms with van der Waals surface area (Å²) in [7, 11) is 3.30. The fourth-order valence-electron chi connectivity index (χ4n) is 4.69. The number of methoxy groups -OCH3 is 2. The van der Waals surface area contributed by atoms with Gasteiger partial charge in [0.2, 0.25) is 5.91 Å². The van der Waals surface area contributed by atoms with Crippen LogP contribution in [0.2, 0.25) is 0 Å². The highest BCUT2D eigenvalue weighted by Crippen LogP contribution is 2.48. The fourth-order valence-corrected chi connectivity index (χ4v) is 4.69. The maximum atomic E-state index is 12.8. The maximum Gasteiger partial charge on any atom is 0.223 e. The summed E-state index contributed by atoms with van der Waals surface area (Å²) in [6.45, 7) is 3.23. The van der Waals surface area contributed by atoms with Gasteiger partial charge in [-0.25, -0.2) is 0 Å². The number of carbonyl (C=O) groups excluding carboxylic acids is 1. The number of carbonyl (C=O) groups is 1. The average Bonchev–Trinajstić information content (AvgIpc) is 3.03. The summed E-state index contributed by atoms with van der Waals surface area (Å²) in [4.78, 5) is 14.8. The van der Waals surface area contributed by atoms with Crippen molar-refractivity contribution < 1.29 is 19.0 Å². The number of benzene rings is 2. The maximum absolute atomic E-state index is 12.8. The molecular weight excluding hydrogens is 354 g/mol. The summed E-state index contributed by atoms with van der Waals surface area (Å²) in [6, 6.07) is 14.3. The molecule has 1 amide bonds. The summed E-state index contributed by atoms with van der Waals surface area (Å²) in [6.07, 6.45) is 2.13. The number of hydrogen-bond acceptors (Lipinski definition) is 4. The molecule has 2 aliphatic rings. The monoisotopic (exact) mass is 381 g/mol. The standard InChI is InChI=1S/C23H27NO4/c1-23-10-9-22(25)24(23)18(15-28-14-16-7-5-4-6-8-16)11-17-12-20(26-2)21(27-3)13-19(17)23/h4-8,12-13,18H,9-11,14-15H2,1-3H3/t18-,23-/m0/s1. The van der Waals surface area contributed by atoms with Crippen molar-refractivity contribution in [1.82, 2.24) is 4.90 Å². The molecule has 2 aliphatic heterocycles. The van der Waals surface area contributed by atoms with E-state index in [1.165, 1.54) is 5.56 Å². The Balaban J connectivity index is 1.62. The Morgan fingerprint density at radius 1 is 1.11 bits per heavy atom. The van der Waals surface area contributed by atoms with E-state index in [-0.39, 0.29) is 17.5 Å². The molecule has 2 atom stereocenters. The molecule has 2 heterocycles. The van der Waals surface area contributed by atoms with Crippen molar-refractivity contribution in [1.29, 1.82) is 0 Å². The summed E-state index contributed by atoms with van der Waals surface area (Å²) in [5.74, 6) is 1.64. The van der Waals surface area contributed by atoms with Gasteiger partial charge in [-0.2, -0.15) is 0 Å². The van der Waals surface area contributed by atoms with Gasteiger partial charge in [-0.15, -0.1) is 0 Å². The van der Waals surface area contributed by atoms with Gasteiger partial charge in [0.1, 0.15) is 0 Å². The van der Waals surface area contributed by atoms with Crippen molar-refractivity contribution in [3.8, 4) is 11.5 Å². The third-order valence-corrected chi connectivity index (χ3v) is 6.06. The molecule has 1 saturated heterocycles. The quantitative estimate of drug-likeness (QED) is 0.766.